The molecule has 2 N–H and O–H groups in total. The summed E-state index contributed by atoms with van der Waals surface area (Å²) in [7, 11) is 1.59. The van der Waals surface area contributed by atoms with Crippen LogP contribution in [-0.2, 0) is 25.5 Å². The molecule has 2 heterocycles. The third kappa shape index (κ3) is 8.47. The molecule has 1 aromatic carbocycles. The summed E-state index contributed by atoms with van der Waals surface area (Å²) in [4.78, 5) is 62.1. The molecule has 2 aromatic rings. The number of rotatable bonds is 11. The monoisotopic (exact) mass is 541 g/mol. The summed E-state index contributed by atoms with van der Waals surface area (Å²) in [6.07, 6.45) is -0.572. The predicted octanol–water partition coefficient (Wildman–Crippen LogP) is 1.98. The third-order valence-corrected chi connectivity index (χ3v) is 6.31. The molecule has 0 bridgehead atoms. The van der Waals surface area contributed by atoms with Crippen molar-refractivity contribution < 1.29 is 33.8 Å². The Labute approximate surface area is 227 Å². The Bertz CT molecular complexity index is 1150. The number of carbonyl (C=O) groups is 4. The highest BCUT2D eigenvalue weighted by molar-refractivity contribution is 5.96. The van der Waals surface area contributed by atoms with Gasteiger partial charge in [-0.1, -0.05) is 30.3 Å². The average Bonchev–Trinajstić information content (AvgIpc) is 2.95. The molecule has 12 heteroatoms. The summed E-state index contributed by atoms with van der Waals surface area (Å²) in [5, 5.41) is 11.9. The maximum Gasteiger partial charge on any atom is 0.409 e. The van der Waals surface area contributed by atoms with Gasteiger partial charge in [-0.05, 0) is 26.3 Å². The molecule has 1 aliphatic rings. The fourth-order valence-corrected chi connectivity index (χ4v) is 4.11. The first kappa shape index (κ1) is 29.5. The zero-order valence-electron chi connectivity index (χ0n) is 22.5. The molecule has 1 saturated heterocycles. The van der Waals surface area contributed by atoms with Gasteiger partial charge in [-0.2, -0.15) is 0 Å². The minimum absolute atomic E-state index is 0.0578. The van der Waals surface area contributed by atoms with Crippen molar-refractivity contribution in [2.45, 2.75) is 45.3 Å². The lowest BCUT2D eigenvalue weighted by molar-refractivity contribution is -0.138. The van der Waals surface area contributed by atoms with Gasteiger partial charge in [-0.3, -0.25) is 14.4 Å². The standard InChI is InChI=1S/C27H35N5O7/c1-4-39-27(37)32-14-12-31(13-15-32)26(36)21(10-11-23(33)34)30-25(35)22-17-20(16-18(2)38-3)28-24(29-22)19-8-6-5-7-9-19/h5-9,17-18,21H,4,10-16H2,1-3H3,(H,30,35)(H,33,34)/t18?,21-/m0/s1. The van der Waals surface area contributed by atoms with Crippen LogP contribution in [0.25, 0.3) is 11.4 Å². The Hall–Kier alpha value is -4.06. The van der Waals surface area contributed by atoms with E-state index in [9.17, 15) is 24.3 Å². The van der Waals surface area contributed by atoms with E-state index in [-0.39, 0.29) is 57.4 Å². The van der Waals surface area contributed by atoms with Gasteiger partial charge in [0.25, 0.3) is 5.91 Å². The highest BCUT2D eigenvalue weighted by Crippen LogP contribution is 2.18. The van der Waals surface area contributed by atoms with E-state index in [1.54, 1.807) is 20.1 Å². The van der Waals surface area contributed by atoms with Crippen LogP contribution >= 0.6 is 0 Å². The van der Waals surface area contributed by atoms with Crippen molar-refractivity contribution in [2.75, 3.05) is 39.9 Å². The molecule has 1 aliphatic heterocycles. The quantitative estimate of drug-likeness (QED) is 0.435. The minimum Gasteiger partial charge on any atom is -0.481 e. The number of ether oxygens (including phenoxy) is 2. The Kier molecular flexibility index (Phi) is 10.7. The Morgan fingerprint density at radius 1 is 1.05 bits per heavy atom. The van der Waals surface area contributed by atoms with Crippen molar-refractivity contribution in [3.8, 4) is 11.4 Å². The fraction of sp³-hybridized carbons (Fsp3) is 0.481. The number of aliphatic carboxylic acids is 1. The van der Waals surface area contributed by atoms with E-state index in [1.807, 2.05) is 37.3 Å². The highest BCUT2D eigenvalue weighted by atomic mass is 16.6. The van der Waals surface area contributed by atoms with E-state index in [1.165, 1.54) is 9.80 Å². The molecule has 1 fully saturated rings. The van der Waals surface area contributed by atoms with Gasteiger partial charge < -0.3 is 29.7 Å². The van der Waals surface area contributed by atoms with Crippen LogP contribution in [0.5, 0.6) is 0 Å². The van der Waals surface area contributed by atoms with Crippen LogP contribution in [0.2, 0.25) is 0 Å². The van der Waals surface area contributed by atoms with Crippen molar-refractivity contribution in [1.29, 1.82) is 0 Å². The van der Waals surface area contributed by atoms with Gasteiger partial charge in [0, 0.05) is 57.4 Å². The van der Waals surface area contributed by atoms with Crippen molar-refractivity contribution in [3.05, 3.63) is 47.8 Å². The molecule has 1 aromatic heterocycles. The summed E-state index contributed by atoms with van der Waals surface area (Å²) in [5.74, 6) is -1.77. The lowest BCUT2D eigenvalue weighted by atomic mass is 10.1. The molecule has 2 atom stereocenters. The van der Waals surface area contributed by atoms with Crippen LogP contribution in [0.4, 0.5) is 4.79 Å². The first-order chi connectivity index (χ1) is 18.7. The lowest BCUT2D eigenvalue weighted by Gasteiger charge is -2.35. The fourth-order valence-electron chi connectivity index (χ4n) is 4.11. The topological polar surface area (TPSA) is 151 Å². The number of aromatic nitrogens is 2. The number of amides is 3. The zero-order valence-corrected chi connectivity index (χ0v) is 22.5. The molecule has 3 rings (SSSR count). The Morgan fingerprint density at radius 2 is 1.72 bits per heavy atom. The number of carboxylic acid groups (broad SMARTS) is 1. The van der Waals surface area contributed by atoms with Crippen molar-refractivity contribution in [1.82, 2.24) is 25.1 Å². The summed E-state index contributed by atoms with van der Waals surface area (Å²) < 4.78 is 10.4. The van der Waals surface area contributed by atoms with Crippen molar-refractivity contribution in [2.24, 2.45) is 0 Å². The number of hydrogen-bond donors (Lipinski definition) is 2. The lowest BCUT2D eigenvalue weighted by Crippen LogP contribution is -2.56. The van der Waals surface area contributed by atoms with E-state index in [2.05, 4.69) is 15.3 Å². The molecule has 12 nitrogen and oxygen atoms in total. The Morgan fingerprint density at radius 3 is 2.33 bits per heavy atom. The van der Waals surface area contributed by atoms with Crippen LogP contribution in [0.3, 0.4) is 0 Å². The smallest absolute Gasteiger partial charge is 0.409 e. The Balaban J connectivity index is 1.81. The summed E-state index contributed by atoms with van der Waals surface area (Å²) >= 11 is 0. The number of carboxylic acids is 1. The van der Waals surface area contributed by atoms with E-state index in [0.29, 0.717) is 17.9 Å². The largest absolute Gasteiger partial charge is 0.481 e. The van der Waals surface area contributed by atoms with Crippen LogP contribution in [-0.4, -0.2) is 101 Å². The number of nitrogens with zero attached hydrogens (tertiary/aromatic N) is 4. The summed E-state index contributed by atoms with van der Waals surface area (Å²) in [6, 6.07) is 9.66. The number of nitrogens with one attached hydrogen (secondary N) is 1. The summed E-state index contributed by atoms with van der Waals surface area (Å²) in [5.41, 5.74) is 1.37. The number of benzene rings is 1. The van der Waals surface area contributed by atoms with Gasteiger partial charge in [-0.15, -0.1) is 0 Å². The maximum absolute atomic E-state index is 13.4. The molecule has 39 heavy (non-hydrogen) atoms. The molecule has 0 radical (unpaired) electrons. The molecule has 0 aliphatic carbocycles. The first-order valence-electron chi connectivity index (χ1n) is 12.9. The first-order valence-corrected chi connectivity index (χ1v) is 12.9. The number of hydrogen-bond acceptors (Lipinski definition) is 8. The predicted molar refractivity (Wildman–Crippen MR) is 141 cm³/mol. The van der Waals surface area contributed by atoms with Crippen molar-refractivity contribution >= 4 is 23.9 Å². The second kappa shape index (κ2) is 14.2. The molecular weight excluding hydrogens is 506 g/mol. The van der Waals surface area contributed by atoms with Gasteiger partial charge >= 0.3 is 12.1 Å². The zero-order chi connectivity index (χ0) is 28.4. The van der Waals surface area contributed by atoms with Gasteiger partial charge in [0.05, 0.1) is 12.7 Å². The minimum atomic E-state index is -1.08. The van der Waals surface area contributed by atoms with E-state index in [4.69, 9.17) is 9.47 Å². The van der Waals surface area contributed by atoms with Gasteiger partial charge in [0.1, 0.15) is 11.7 Å². The second-order valence-corrected chi connectivity index (χ2v) is 9.15. The van der Waals surface area contributed by atoms with Crippen molar-refractivity contribution in [3.63, 3.8) is 0 Å². The van der Waals surface area contributed by atoms with E-state index >= 15 is 0 Å². The van der Waals surface area contributed by atoms with Gasteiger partial charge in [0.15, 0.2) is 5.82 Å². The number of methoxy groups -OCH3 is 1. The molecule has 0 saturated carbocycles. The normalized spacial score (nSPS) is 14.8. The molecule has 0 spiro atoms. The molecular formula is C27H35N5O7. The average molecular weight is 542 g/mol. The molecule has 1 unspecified atom stereocenters. The summed E-state index contributed by atoms with van der Waals surface area (Å²) in [6.45, 7) is 4.88. The van der Waals surface area contributed by atoms with E-state index < -0.39 is 29.9 Å². The van der Waals surface area contributed by atoms with Gasteiger partial charge in [-0.25, -0.2) is 14.8 Å². The van der Waals surface area contributed by atoms with Crippen LogP contribution in [0.15, 0.2) is 36.4 Å². The number of piperazine rings is 1. The van der Waals surface area contributed by atoms with Crippen LogP contribution < -0.4 is 5.32 Å². The van der Waals surface area contributed by atoms with Crippen LogP contribution in [0, 0.1) is 0 Å². The van der Waals surface area contributed by atoms with E-state index in [0.717, 1.165) is 5.56 Å². The molecule has 210 valence electrons. The van der Waals surface area contributed by atoms with Gasteiger partial charge in [0.2, 0.25) is 5.91 Å². The highest BCUT2D eigenvalue weighted by Gasteiger charge is 2.31. The SMILES string of the molecule is CCOC(=O)N1CCN(C(=O)[C@H](CCC(=O)O)NC(=O)c2cc(CC(C)OC)nc(-c3ccccc3)n2)CC1. The second-order valence-electron chi connectivity index (χ2n) is 9.15. The number of carbonyl (C=O) groups excluding carboxylic acids is 3. The third-order valence-electron chi connectivity index (χ3n) is 6.31. The maximum atomic E-state index is 13.4. The van der Waals surface area contributed by atoms with Crippen LogP contribution in [0.1, 0.15) is 42.9 Å². The molecule has 3 amide bonds.